The standard InChI is InChI=1S/C20H27F3N4O2S.HI/c1-4-24-19(26-12-18-27-17(13-30-18)20(21,22)23)25-10-9-14-7-8-15(28-5-2)16(11-14)29-6-3;/h7-8,11,13H,4-6,9-10,12H2,1-3H3,(H2,24,25,26);1H. The second kappa shape index (κ2) is 13.6. The van der Waals surface area contributed by atoms with Gasteiger partial charge in [0.1, 0.15) is 5.01 Å². The van der Waals surface area contributed by atoms with Crippen molar-refractivity contribution in [1.29, 1.82) is 0 Å². The molecule has 0 fully saturated rings. The summed E-state index contributed by atoms with van der Waals surface area (Å²) in [6.07, 6.45) is -3.72. The molecule has 1 heterocycles. The Morgan fingerprint density at radius 3 is 2.42 bits per heavy atom. The lowest BCUT2D eigenvalue weighted by Crippen LogP contribution is -2.38. The van der Waals surface area contributed by atoms with Gasteiger partial charge in [0.2, 0.25) is 0 Å². The molecule has 0 aliphatic carbocycles. The van der Waals surface area contributed by atoms with Crippen LogP contribution < -0.4 is 20.1 Å². The highest BCUT2D eigenvalue weighted by Gasteiger charge is 2.33. The SMILES string of the molecule is CCNC(=NCc1nc(C(F)(F)F)cs1)NCCc1ccc(OCC)c(OCC)c1.I. The van der Waals surface area contributed by atoms with Crippen LogP contribution in [0.1, 0.15) is 37.0 Å². The Bertz CT molecular complexity index is 831. The molecular formula is C20H28F3IN4O2S. The number of halogens is 4. The summed E-state index contributed by atoms with van der Waals surface area (Å²) in [5, 5.41) is 7.59. The summed E-state index contributed by atoms with van der Waals surface area (Å²) >= 11 is 0.949. The molecule has 11 heteroatoms. The van der Waals surface area contributed by atoms with E-state index in [4.69, 9.17) is 9.47 Å². The van der Waals surface area contributed by atoms with Crippen LogP contribution >= 0.6 is 35.3 Å². The van der Waals surface area contributed by atoms with Crippen molar-refractivity contribution in [2.24, 2.45) is 4.99 Å². The Balaban J connectivity index is 0.00000480. The van der Waals surface area contributed by atoms with Crippen LogP contribution in [0, 0.1) is 0 Å². The van der Waals surface area contributed by atoms with Gasteiger partial charge in [0, 0.05) is 18.5 Å². The summed E-state index contributed by atoms with van der Waals surface area (Å²) in [7, 11) is 0. The van der Waals surface area contributed by atoms with Gasteiger partial charge in [-0.15, -0.1) is 35.3 Å². The zero-order chi connectivity index (χ0) is 22.0. The van der Waals surface area contributed by atoms with Crippen LogP contribution in [0.5, 0.6) is 11.5 Å². The van der Waals surface area contributed by atoms with Crippen LogP contribution in [0.2, 0.25) is 0 Å². The van der Waals surface area contributed by atoms with Gasteiger partial charge in [0.25, 0.3) is 0 Å². The average molecular weight is 572 g/mol. The lowest BCUT2D eigenvalue weighted by molar-refractivity contribution is -0.140. The van der Waals surface area contributed by atoms with Crippen molar-refractivity contribution >= 4 is 41.3 Å². The van der Waals surface area contributed by atoms with Gasteiger partial charge in [-0.1, -0.05) is 6.07 Å². The van der Waals surface area contributed by atoms with Crippen molar-refractivity contribution in [3.63, 3.8) is 0 Å². The van der Waals surface area contributed by atoms with Gasteiger partial charge in [-0.25, -0.2) is 9.98 Å². The molecule has 0 bridgehead atoms. The number of nitrogens with one attached hydrogen (secondary N) is 2. The minimum atomic E-state index is -4.43. The zero-order valence-electron chi connectivity index (χ0n) is 17.7. The number of aliphatic imine (C=N–C) groups is 1. The van der Waals surface area contributed by atoms with E-state index >= 15 is 0 Å². The van der Waals surface area contributed by atoms with Crippen molar-refractivity contribution in [2.45, 2.75) is 39.9 Å². The summed E-state index contributed by atoms with van der Waals surface area (Å²) in [4.78, 5) is 7.92. The Hall–Kier alpha value is -1.76. The molecule has 1 aromatic carbocycles. The number of rotatable bonds is 10. The van der Waals surface area contributed by atoms with Crippen molar-refractivity contribution in [2.75, 3.05) is 26.3 Å². The molecule has 0 radical (unpaired) electrons. The van der Waals surface area contributed by atoms with E-state index in [1.54, 1.807) is 0 Å². The van der Waals surface area contributed by atoms with Crippen LogP contribution in [0.15, 0.2) is 28.6 Å². The van der Waals surface area contributed by atoms with Crippen LogP contribution in [0.25, 0.3) is 0 Å². The average Bonchev–Trinajstić information content (AvgIpc) is 3.18. The molecule has 0 unspecified atom stereocenters. The van der Waals surface area contributed by atoms with Crippen molar-refractivity contribution in [3.05, 3.63) is 39.8 Å². The molecule has 0 spiro atoms. The molecule has 1 aromatic heterocycles. The Morgan fingerprint density at radius 2 is 1.81 bits per heavy atom. The van der Waals surface area contributed by atoms with Gasteiger partial charge in [0.05, 0.1) is 19.8 Å². The van der Waals surface area contributed by atoms with Crippen molar-refractivity contribution in [1.82, 2.24) is 15.6 Å². The second-order valence-electron chi connectivity index (χ2n) is 6.14. The number of alkyl halides is 3. The van der Waals surface area contributed by atoms with E-state index in [0.717, 1.165) is 22.3 Å². The summed E-state index contributed by atoms with van der Waals surface area (Å²) < 4.78 is 49.2. The van der Waals surface area contributed by atoms with Gasteiger partial charge < -0.3 is 20.1 Å². The number of benzene rings is 1. The fraction of sp³-hybridized carbons (Fsp3) is 0.500. The van der Waals surface area contributed by atoms with Crippen molar-refractivity contribution < 1.29 is 22.6 Å². The molecule has 174 valence electrons. The Labute approximate surface area is 201 Å². The number of aromatic nitrogens is 1. The molecule has 0 atom stereocenters. The minimum absolute atomic E-state index is 0. The molecule has 2 aromatic rings. The maximum Gasteiger partial charge on any atom is 0.434 e. The molecule has 31 heavy (non-hydrogen) atoms. The first-order valence-corrected chi connectivity index (χ1v) is 10.7. The lowest BCUT2D eigenvalue weighted by atomic mass is 10.1. The van der Waals surface area contributed by atoms with Crippen LogP contribution in [-0.4, -0.2) is 37.2 Å². The molecule has 0 saturated carbocycles. The maximum absolute atomic E-state index is 12.7. The topological polar surface area (TPSA) is 67.8 Å². The molecule has 0 aliphatic rings. The first kappa shape index (κ1) is 27.3. The van der Waals surface area contributed by atoms with Gasteiger partial charge in [0.15, 0.2) is 23.2 Å². The molecule has 2 N–H and O–H groups in total. The zero-order valence-corrected chi connectivity index (χ0v) is 20.9. The molecule has 0 saturated heterocycles. The Kier molecular flexibility index (Phi) is 12.0. The largest absolute Gasteiger partial charge is 0.490 e. The van der Waals surface area contributed by atoms with Gasteiger partial charge in [-0.3, -0.25) is 0 Å². The third-order valence-electron chi connectivity index (χ3n) is 3.87. The predicted molar refractivity (Wildman–Crippen MR) is 128 cm³/mol. The van der Waals surface area contributed by atoms with E-state index < -0.39 is 11.9 Å². The van der Waals surface area contributed by atoms with E-state index in [1.165, 1.54) is 0 Å². The first-order chi connectivity index (χ1) is 14.4. The number of guanidine groups is 1. The normalized spacial score (nSPS) is 11.6. The van der Waals surface area contributed by atoms with Gasteiger partial charge in [-0.05, 0) is 44.9 Å². The van der Waals surface area contributed by atoms with E-state index in [0.29, 0.717) is 55.2 Å². The molecule has 0 amide bonds. The quantitative estimate of drug-likeness (QED) is 0.242. The fourth-order valence-corrected chi connectivity index (χ4v) is 3.30. The third kappa shape index (κ3) is 9.09. The smallest absolute Gasteiger partial charge is 0.434 e. The van der Waals surface area contributed by atoms with Crippen LogP contribution in [0.3, 0.4) is 0 Å². The molecule has 0 aliphatic heterocycles. The van der Waals surface area contributed by atoms with Crippen molar-refractivity contribution in [3.8, 4) is 11.5 Å². The van der Waals surface area contributed by atoms with E-state index in [9.17, 15) is 13.2 Å². The highest BCUT2D eigenvalue weighted by molar-refractivity contribution is 14.0. The predicted octanol–water partition coefficient (Wildman–Crippen LogP) is 4.88. The molecule has 6 nitrogen and oxygen atoms in total. The molecular weight excluding hydrogens is 544 g/mol. The number of hydrogen-bond acceptors (Lipinski definition) is 5. The van der Waals surface area contributed by atoms with Crippen LogP contribution in [-0.2, 0) is 19.1 Å². The number of thiazole rings is 1. The van der Waals surface area contributed by atoms with Gasteiger partial charge in [-0.2, -0.15) is 13.2 Å². The van der Waals surface area contributed by atoms with Gasteiger partial charge >= 0.3 is 6.18 Å². The Morgan fingerprint density at radius 1 is 1.10 bits per heavy atom. The van der Waals surface area contributed by atoms with E-state index in [2.05, 4.69) is 20.6 Å². The van der Waals surface area contributed by atoms with E-state index in [1.807, 2.05) is 39.0 Å². The lowest BCUT2D eigenvalue weighted by Gasteiger charge is -2.14. The van der Waals surface area contributed by atoms with Crippen LogP contribution in [0.4, 0.5) is 13.2 Å². The fourth-order valence-electron chi connectivity index (χ4n) is 2.58. The summed E-state index contributed by atoms with van der Waals surface area (Å²) in [5.41, 5.74) is 0.191. The van der Waals surface area contributed by atoms with E-state index in [-0.39, 0.29) is 30.5 Å². The third-order valence-corrected chi connectivity index (χ3v) is 4.71. The summed E-state index contributed by atoms with van der Waals surface area (Å²) in [5.74, 6) is 1.95. The highest BCUT2D eigenvalue weighted by Crippen LogP contribution is 2.30. The number of nitrogens with zero attached hydrogens (tertiary/aromatic N) is 2. The monoisotopic (exact) mass is 572 g/mol. The second-order valence-corrected chi connectivity index (χ2v) is 7.09. The summed E-state index contributed by atoms with van der Waals surface area (Å²) in [6, 6.07) is 5.83. The first-order valence-electron chi connectivity index (χ1n) is 9.79. The number of hydrogen-bond donors (Lipinski definition) is 2. The molecule has 2 rings (SSSR count). The summed E-state index contributed by atoms with van der Waals surface area (Å²) in [6.45, 7) is 8.18. The minimum Gasteiger partial charge on any atom is -0.490 e. The number of ether oxygens (including phenoxy) is 2. The maximum atomic E-state index is 12.7. The highest BCUT2D eigenvalue weighted by atomic mass is 127.